The van der Waals surface area contributed by atoms with E-state index in [4.69, 9.17) is 10.00 Å². The van der Waals surface area contributed by atoms with E-state index < -0.39 is 0 Å². The van der Waals surface area contributed by atoms with Crippen LogP contribution in [0.3, 0.4) is 0 Å². The van der Waals surface area contributed by atoms with E-state index in [9.17, 15) is 0 Å². The van der Waals surface area contributed by atoms with Gasteiger partial charge in [-0.2, -0.15) is 5.26 Å². The summed E-state index contributed by atoms with van der Waals surface area (Å²) < 4.78 is 6.89. The van der Waals surface area contributed by atoms with Gasteiger partial charge in [-0.15, -0.1) is 0 Å². The summed E-state index contributed by atoms with van der Waals surface area (Å²) in [5, 5.41) is 9.04. The number of hydrogen-bond donors (Lipinski definition) is 0. The largest absolute Gasteiger partial charge is 0.489 e. The molecule has 0 saturated carbocycles. The van der Waals surface area contributed by atoms with E-state index in [0.29, 0.717) is 12.2 Å². The molecule has 0 aliphatic heterocycles. The molecule has 2 nitrogen and oxygen atoms in total. The maximum atomic E-state index is 9.04. The molecular formula is C16H14BrNO. The molecule has 0 fully saturated rings. The van der Waals surface area contributed by atoms with Gasteiger partial charge < -0.3 is 4.74 Å². The smallest absolute Gasteiger partial charge is 0.123 e. The Balaban J connectivity index is 2.17. The number of hydrogen-bond acceptors (Lipinski definition) is 2. The van der Waals surface area contributed by atoms with Crippen LogP contribution in [0.2, 0.25) is 0 Å². The number of nitriles is 1. The van der Waals surface area contributed by atoms with Gasteiger partial charge >= 0.3 is 0 Å². The van der Waals surface area contributed by atoms with Gasteiger partial charge in [-0.3, -0.25) is 0 Å². The quantitative estimate of drug-likeness (QED) is 0.834. The van der Waals surface area contributed by atoms with E-state index >= 15 is 0 Å². The van der Waals surface area contributed by atoms with Gasteiger partial charge in [-0.25, -0.2) is 0 Å². The third-order valence-electron chi connectivity index (χ3n) is 2.92. The molecule has 0 heterocycles. The van der Waals surface area contributed by atoms with Crippen molar-refractivity contribution in [2.75, 3.05) is 0 Å². The molecular weight excluding hydrogens is 302 g/mol. The first-order valence-corrected chi connectivity index (χ1v) is 6.93. The van der Waals surface area contributed by atoms with E-state index in [1.165, 1.54) is 0 Å². The molecule has 2 aromatic carbocycles. The highest BCUT2D eigenvalue weighted by Gasteiger charge is 2.05. The molecule has 0 aliphatic carbocycles. The summed E-state index contributed by atoms with van der Waals surface area (Å²) in [5.74, 6) is 0.874. The molecule has 3 heteroatoms. The van der Waals surface area contributed by atoms with Gasteiger partial charge in [0.25, 0.3) is 0 Å². The van der Waals surface area contributed by atoms with Crippen molar-refractivity contribution in [2.24, 2.45) is 0 Å². The average molecular weight is 316 g/mol. The molecule has 96 valence electrons. The zero-order valence-corrected chi connectivity index (χ0v) is 12.3. The van der Waals surface area contributed by atoms with Crippen molar-refractivity contribution in [1.82, 2.24) is 0 Å². The number of nitrogens with zero attached hydrogens (tertiary/aromatic N) is 1. The lowest BCUT2D eigenvalue weighted by Crippen LogP contribution is -2.00. The first-order chi connectivity index (χ1) is 9.24. The number of halogens is 1. The lowest BCUT2D eigenvalue weighted by Gasteiger charge is -2.11. The normalized spacial score (nSPS) is 9.95. The van der Waals surface area contributed by atoms with Crippen LogP contribution in [0.25, 0.3) is 0 Å². The highest BCUT2D eigenvalue weighted by Crippen LogP contribution is 2.24. The van der Waals surface area contributed by atoms with Crippen LogP contribution in [0, 0.1) is 11.3 Å². The van der Waals surface area contributed by atoms with Crippen LogP contribution in [-0.2, 0) is 13.0 Å². The van der Waals surface area contributed by atoms with Crippen molar-refractivity contribution in [3.63, 3.8) is 0 Å². The van der Waals surface area contributed by atoms with Gasteiger partial charge in [0, 0.05) is 10.0 Å². The maximum absolute atomic E-state index is 9.04. The summed E-state index contributed by atoms with van der Waals surface area (Å²) in [6.07, 6.45) is 0.911. The zero-order valence-electron chi connectivity index (χ0n) is 10.7. The molecule has 0 atom stereocenters. The lowest BCUT2D eigenvalue weighted by molar-refractivity contribution is 0.303. The van der Waals surface area contributed by atoms with Crippen molar-refractivity contribution in [3.8, 4) is 11.8 Å². The van der Waals surface area contributed by atoms with Crippen LogP contribution in [0.4, 0.5) is 0 Å². The Morgan fingerprint density at radius 3 is 2.68 bits per heavy atom. The van der Waals surface area contributed by atoms with Gasteiger partial charge in [0.05, 0.1) is 11.6 Å². The second kappa shape index (κ2) is 6.40. The number of ether oxygens (including phenoxy) is 1. The van der Waals surface area contributed by atoms with Crippen LogP contribution < -0.4 is 4.74 Å². The lowest BCUT2D eigenvalue weighted by atomic mass is 10.1. The Hall–Kier alpha value is -1.79. The predicted molar refractivity (Wildman–Crippen MR) is 79.0 cm³/mol. The number of aryl methyl sites for hydroxylation is 1. The van der Waals surface area contributed by atoms with Gasteiger partial charge in [0.2, 0.25) is 0 Å². The molecule has 19 heavy (non-hydrogen) atoms. The van der Waals surface area contributed by atoms with Crippen molar-refractivity contribution in [1.29, 1.82) is 5.26 Å². The first-order valence-electron chi connectivity index (χ1n) is 6.13. The van der Waals surface area contributed by atoms with E-state index in [-0.39, 0.29) is 0 Å². The van der Waals surface area contributed by atoms with Crippen molar-refractivity contribution >= 4 is 15.9 Å². The molecule has 2 rings (SSSR count). The Kier molecular flexibility index (Phi) is 4.59. The van der Waals surface area contributed by atoms with Crippen LogP contribution >= 0.6 is 15.9 Å². The predicted octanol–water partition coefficient (Wildman–Crippen LogP) is 4.46. The zero-order chi connectivity index (χ0) is 13.7. The summed E-state index contributed by atoms with van der Waals surface area (Å²) in [6.45, 7) is 2.51. The second-order valence-corrected chi connectivity index (χ2v) is 5.08. The fourth-order valence-corrected chi connectivity index (χ4v) is 2.28. The Morgan fingerprint density at radius 1 is 1.16 bits per heavy atom. The van der Waals surface area contributed by atoms with Gasteiger partial charge in [-0.1, -0.05) is 41.1 Å². The van der Waals surface area contributed by atoms with Crippen LogP contribution in [0.1, 0.15) is 23.6 Å². The highest BCUT2D eigenvalue weighted by atomic mass is 79.9. The Morgan fingerprint density at radius 2 is 1.95 bits per heavy atom. The van der Waals surface area contributed by atoms with Crippen molar-refractivity contribution < 1.29 is 4.74 Å². The number of benzene rings is 2. The molecule has 0 aliphatic rings. The minimum absolute atomic E-state index is 0.415. The van der Waals surface area contributed by atoms with E-state index in [1.807, 2.05) is 30.3 Å². The topological polar surface area (TPSA) is 33.0 Å². The van der Waals surface area contributed by atoms with Crippen molar-refractivity contribution in [2.45, 2.75) is 20.0 Å². The van der Waals surface area contributed by atoms with E-state index in [0.717, 1.165) is 27.8 Å². The standard InChI is InChI=1S/C16H14BrNO/c1-2-12-9-15(17)7-8-16(12)19-11-14-6-4-3-5-13(14)10-18/h3-9H,2,11H2,1H3. The molecule has 0 bridgehead atoms. The molecule has 0 saturated heterocycles. The second-order valence-electron chi connectivity index (χ2n) is 4.16. The first kappa shape index (κ1) is 13.6. The minimum atomic E-state index is 0.415. The molecule has 0 spiro atoms. The summed E-state index contributed by atoms with van der Waals surface area (Å²) in [4.78, 5) is 0. The molecule has 0 aromatic heterocycles. The third-order valence-corrected chi connectivity index (χ3v) is 3.42. The monoisotopic (exact) mass is 315 g/mol. The third kappa shape index (κ3) is 3.36. The Bertz CT molecular complexity index is 616. The summed E-state index contributed by atoms with van der Waals surface area (Å²) >= 11 is 3.46. The van der Waals surface area contributed by atoms with Gasteiger partial charge in [0.1, 0.15) is 12.4 Å². The molecule has 2 aromatic rings. The maximum Gasteiger partial charge on any atom is 0.123 e. The molecule has 0 amide bonds. The molecule has 0 radical (unpaired) electrons. The Labute approximate surface area is 121 Å². The number of rotatable bonds is 4. The van der Waals surface area contributed by atoms with Gasteiger partial charge in [0.15, 0.2) is 0 Å². The average Bonchev–Trinajstić information content (AvgIpc) is 2.46. The van der Waals surface area contributed by atoms with E-state index in [2.05, 4.69) is 35.0 Å². The molecule has 0 unspecified atom stereocenters. The van der Waals surface area contributed by atoms with Gasteiger partial charge in [-0.05, 0) is 36.2 Å². The fourth-order valence-electron chi connectivity index (χ4n) is 1.88. The van der Waals surface area contributed by atoms with Crippen molar-refractivity contribution in [3.05, 3.63) is 63.6 Å². The minimum Gasteiger partial charge on any atom is -0.489 e. The SMILES string of the molecule is CCc1cc(Br)ccc1OCc1ccccc1C#N. The fraction of sp³-hybridized carbons (Fsp3) is 0.188. The van der Waals surface area contributed by atoms with E-state index in [1.54, 1.807) is 6.07 Å². The van der Waals surface area contributed by atoms with Crippen LogP contribution in [0.15, 0.2) is 46.9 Å². The molecule has 0 N–H and O–H groups in total. The van der Waals surface area contributed by atoms with Crippen LogP contribution in [0.5, 0.6) is 5.75 Å². The highest BCUT2D eigenvalue weighted by molar-refractivity contribution is 9.10. The van der Waals surface area contributed by atoms with Crippen LogP contribution in [-0.4, -0.2) is 0 Å². The summed E-state index contributed by atoms with van der Waals surface area (Å²) in [7, 11) is 0. The summed E-state index contributed by atoms with van der Waals surface area (Å²) in [6, 6.07) is 15.7. The summed E-state index contributed by atoms with van der Waals surface area (Å²) in [5.41, 5.74) is 2.73.